The number of hydrogen-bond acceptors (Lipinski definition) is 3. The van der Waals surface area contributed by atoms with Crippen LogP contribution >= 0.6 is 0 Å². The Labute approximate surface area is 162 Å². The van der Waals surface area contributed by atoms with Crippen molar-refractivity contribution >= 4 is 12.0 Å². The summed E-state index contributed by atoms with van der Waals surface area (Å²) in [5, 5.41) is 9.65. The molecule has 2 aliphatic heterocycles. The van der Waals surface area contributed by atoms with E-state index in [0.717, 1.165) is 75.2 Å². The molecule has 3 rings (SSSR count). The smallest absolute Gasteiger partial charge is 0.264 e. The van der Waals surface area contributed by atoms with Crippen molar-refractivity contribution in [2.75, 3.05) is 13.2 Å². The van der Waals surface area contributed by atoms with Crippen molar-refractivity contribution in [1.29, 1.82) is 5.26 Å². The number of likely N-dealkylation sites (tertiary alicyclic amines) is 1. The molecule has 0 aromatic carbocycles. The van der Waals surface area contributed by atoms with E-state index < -0.39 is 0 Å². The summed E-state index contributed by atoms with van der Waals surface area (Å²) in [7, 11) is 0. The second-order valence-corrected chi connectivity index (χ2v) is 7.80. The van der Waals surface area contributed by atoms with Crippen molar-refractivity contribution in [3.05, 3.63) is 28.6 Å². The molecular weight excluding hydrogens is 338 g/mol. The van der Waals surface area contributed by atoms with Crippen LogP contribution in [0, 0.1) is 25.2 Å². The average molecular weight is 370 g/mol. The van der Waals surface area contributed by atoms with Crippen molar-refractivity contribution in [3.8, 4) is 6.07 Å². The van der Waals surface area contributed by atoms with Crippen LogP contribution in [0.4, 0.5) is 0 Å². The Kier molecular flexibility index (Phi) is 6.38. The summed E-state index contributed by atoms with van der Waals surface area (Å²) in [5.74, 6) is -0.118. The normalized spacial score (nSPS) is 23.5. The number of amides is 1. The summed E-state index contributed by atoms with van der Waals surface area (Å²) in [5.41, 5.74) is 3.44. The second-order valence-electron chi connectivity index (χ2n) is 7.80. The van der Waals surface area contributed by atoms with Gasteiger partial charge in [0.05, 0.1) is 6.10 Å². The molecule has 1 aromatic rings. The van der Waals surface area contributed by atoms with Gasteiger partial charge >= 0.3 is 0 Å². The van der Waals surface area contributed by atoms with Gasteiger partial charge in [0.15, 0.2) is 0 Å². The van der Waals surface area contributed by atoms with E-state index in [4.69, 9.17) is 4.74 Å². The molecule has 2 fully saturated rings. The van der Waals surface area contributed by atoms with Crippen molar-refractivity contribution in [3.63, 3.8) is 0 Å². The molecule has 146 valence electrons. The van der Waals surface area contributed by atoms with E-state index in [1.165, 1.54) is 0 Å². The van der Waals surface area contributed by atoms with Gasteiger partial charge in [-0.3, -0.25) is 4.79 Å². The maximum absolute atomic E-state index is 13.0. The summed E-state index contributed by atoms with van der Waals surface area (Å²) in [4.78, 5) is 14.9. The number of aromatic nitrogens is 1. The lowest BCUT2D eigenvalue weighted by molar-refractivity contribution is -0.130. The highest BCUT2D eigenvalue weighted by atomic mass is 16.5. The maximum Gasteiger partial charge on any atom is 0.264 e. The molecule has 27 heavy (non-hydrogen) atoms. The third kappa shape index (κ3) is 4.27. The van der Waals surface area contributed by atoms with Crippen LogP contribution in [0.2, 0.25) is 0 Å². The molecule has 2 aliphatic rings. The first-order valence-electron chi connectivity index (χ1n) is 10.3. The van der Waals surface area contributed by atoms with Gasteiger partial charge in [0.1, 0.15) is 11.6 Å². The van der Waals surface area contributed by atoms with E-state index in [1.54, 1.807) is 6.08 Å². The molecule has 0 saturated carbocycles. The Balaban J connectivity index is 1.83. The number of ether oxygens (including phenoxy) is 1. The van der Waals surface area contributed by atoms with Crippen molar-refractivity contribution in [2.45, 2.75) is 78.0 Å². The fourth-order valence-corrected chi connectivity index (χ4v) is 4.39. The predicted octanol–water partition coefficient (Wildman–Crippen LogP) is 3.98. The van der Waals surface area contributed by atoms with Crippen molar-refractivity contribution in [1.82, 2.24) is 9.47 Å². The molecule has 0 bridgehead atoms. The number of aryl methyl sites for hydroxylation is 1. The Hall–Kier alpha value is -2.06. The number of piperidine rings is 1. The van der Waals surface area contributed by atoms with Gasteiger partial charge in [-0.2, -0.15) is 5.26 Å². The van der Waals surface area contributed by atoms with Crippen LogP contribution in [-0.2, 0) is 16.1 Å². The number of carbonyl (C=O) groups excluding carboxylic acids is 1. The molecular formula is C22H31N3O2. The van der Waals surface area contributed by atoms with E-state index in [1.807, 2.05) is 4.90 Å². The second kappa shape index (κ2) is 8.75. The Bertz CT molecular complexity index is 750. The average Bonchev–Trinajstić information content (AvgIpc) is 3.29. The third-order valence-electron chi connectivity index (χ3n) is 6.03. The van der Waals surface area contributed by atoms with Gasteiger partial charge in [-0.15, -0.1) is 0 Å². The molecule has 3 heterocycles. The lowest BCUT2D eigenvalue weighted by atomic mass is 9.98. The first-order valence-corrected chi connectivity index (χ1v) is 10.3. The number of carbonyl (C=O) groups is 1. The van der Waals surface area contributed by atoms with Crippen LogP contribution in [0.15, 0.2) is 11.6 Å². The standard InChI is InChI=1S/C22H31N3O2/c1-4-20-8-5-6-10-24(20)22(26)19(14-23)13-18-12-16(2)25(17(18)3)15-21-9-7-11-27-21/h12-13,20-21H,4-11,15H2,1-3H3. The van der Waals surface area contributed by atoms with Crippen LogP contribution in [0.3, 0.4) is 0 Å². The van der Waals surface area contributed by atoms with Crippen LogP contribution in [-0.4, -0.2) is 40.7 Å². The lowest BCUT2D eigenvalue weighted by Gasteiger charge is -2.35. The Morgan fingerprint density at radius 1 is 1.33 bits per heavy atom. The summed E-state index contributed by atoms with van der Waals surface area (Å²) >= 11 is 0. The van der Waals surface area contributed by atoms with Gasteiger partial charge in [-0.25, -0.2) is 0 Å². The minimum Gasteiger partial charge on any atom is -0.376 e. The van der Waals surface area contributed by atoms with Crippen LogP contribution in [0.5, 0.6) is 0 Å². The number of hydrogen-bond donors (Lipinski definition) is 0. The summed E-state index contributed by atoms with van der Waals surface area (Å²) in [6.45, 7) is 8.69. The van der Waals surface area contributed by atoms with Crippen molar-refractivity contribution in [2.24, 2.45) is 0 Å². The summed E-state index contributed by atoms with van der Waals surface area (Å²) in [6.07, 6.45) is 8.43. The Morgan fingerprint density at radius 3 is 2.81 bits per heavy atom. The molecule has 1 aromatic heterocycles. The van der Waals surface area contributed by atoms with Crippen LogP contribution in [0.1, 0.15) is 62.4 Å². The van der Waals surface area contributed by atoms with Crippen LogP contribution < -0.4 is 0 Å². The molecule has 1 amide bonds. The zero-order chi connectivity index (χ0) is 19.4. The predicted molar refractivity (Wildman–Crippen MR) is 106 cm³/mol. The molecule has 2 unspecified atom stereocenters. The fourth-order valence-electron chi connectivity index (χ4n) is 4.39. The van der Waals surface area contributed by atoms with Crippen molar-refractivity contribution < 1.29 is 9.53 Å². The molecule has 0 radical (unpaired) electrons. The van der Waals surface area contributed by atoms with E-state index in [-0.39, 0.29) is 23.6 Å². The van der Waals surface area contributed by atoms with Gasteiger partial charge in [-0.05, 0) is 70.1 Å². The highest BCUT2D eigenvalue weighted by Crippen LogP contribution is 2.25. The molecule has 5 heteroatoms. The monoisotopic (exact) mass is 369 g/mol. The van der Waals surface area contributed by atoms with Gasteiger partial charge in [0.2, 0.25) is 0 Å². The number of nitrogens with zero attached hydrogens (tertiary/aromatic N) is 3. The summed E-state index contributed by atoms with van der Waals surface area (Å²) in [6, 6.07) is 4.49. The lowest BCUT2D eigenvalue weighted by Crippen LogP contribution is -2.43. The fraction of sp³-hybridized carbons (Fsp3) is 0.636. The minimum atomic E-state index is -0.118. The SMILES string of the molecule is CCC1CCCCN1C(=O)C(C#N)=Cc1cc(C)n(CC2CCCO2)c1C. The molecule has 5 nitrogen and oxygen atoms in total. The maximum atomic E-state index is 13.0. The van der Waals surface area contributed by atoms with Gasteiger partial charge < -0.3 is 14.2 Å². The third-order valence-corrected chi connectivity index (χ3v) is 6.03. The zero-order valence-corrected chi connectivity index (χ0v) is 16.8. The zero-order valence-electron chi connectivity index (χ0n) is 16.8. The van der Waals surface area contributed by atoms with E-state index in [2.05, 4.69) is 37.5 Å². The molecule has 0 N–H and O–H groups in total. The first-order chi connectivity index (χ1) is 13.0. The largest absolute Gasteiger partial charge is 0.376 e. The van der Waals surface area contributed by atoms with E-state index in [0.29, 0.717) is 0 Å². The highest BCUT2D eigenvalue weighted by Gasteiger charge is 2.28. The van der Waals surface area contributed by atoms with E-state index in [9.17, 15) is 10.1 Å². The summed E-state index contributed by atoms with van der Waals surface area (Å²) < 4.78 is 8.02. The molecule has 0 spiro atoms. The van der Waals surface area contributed by atoms with Gasteiger partial charge in [0, 0.05) is 37.1 Å². The van der Waals surface area contributed by atoms with Gasteiger partial charge in [-0.1, -0.05) is 6.92 Å². The van der Waals surface area contributed by atoms with Gasteiger partial charge in [0.25, 0.3) is 5.91 Å². The molecule has 0 aliphatic carbocycles. The first kappa shape index (κ1) is 19.7. The van der Waals surface area contributed by atoms with Crippen LogP contribution in [0.25, 0.3) is 6.08 Å². The molecule has 2 atom stereocenters. The minimum absolute atomic E-state index is 0.118. The van der Waals surface area contributed by atoms with E-state index >= 15 is 0 Å². The quantitative estimate of drug-likeness (QED) is 0.583. The number of nitriles is 1. The Morgan fingerprint density at radius 2 is 2.15 bits per heavy atom. The topological polar surface area (TPSA) is 58.3 Å². The number of rotatable bonds is 5. The highest BCUT2D eigenvalue weighted by molar-refractivity contribution is 6.02. The molecule has 2 saturated heterocycles.